The van der Waals surface area contributed by atoms with E-state index in [1.54, 1.807) is 12.0 Å². The Morgan fingerprint density at radius 3 is 2.84 bits per heavy atom. The quantitative estimate of drug-likeness (QED) is 0.808. The summed E-state index contributed by atoms with van der Waals surface area (Å²) in [4.78, 5) is 28.4. The van der Waals surface area contributed by atoms with Gasteiger partial charge in [0.2, 0.25) is 5.91 Å². The van der Waals surface area contributed by atoms with E-state index >= 15 is 0 Å². The predicted octanol–water partition coefficient (Wildman–Crippen LogP) is 2.61. The van der Waals surface area contributed by atoms with Crippen molar-refractivity contribution in [2.24, 2.45) is 5.92 Å². The van der Waals surface area contributed by atoms with E-state index in [2.05, 4.69) is 15.2 Å². The second-order valence-electron chi connectivity index (χ2n) is 6.49. The van der Waals surface area contributed by atoms with Crippen molar-refractivity contribution in [1.82, 2.24) is 15.2 Å². The minimum atomic E-state index is -0.376. The highest BCUT2D eigenvalue weighted by atomic mass is 16.5. The van der Waals surface area contributed by atoms with Crippen LogP contribution >= 0.6 is 0 Å². The van der Waals surface area contributed by atoms with E-state index in [0.29, 0.717) is 23.9 Å². The average molecular weight is 344 g/mol. The number of hydrogen-bond donors (Lipinski definition) is 2. The number of aromatic nitrogens is 3. The summed E-state index contributed by atoms with van der Waals surface area (Å²) in [6.07, 6.45) is 6.39. The van der Waals surface area contributed by atoms with Gasteiger partial charge in [0.25, 0.3) is 0 Å². The molecule has 1 aliphatic rings. The van der Waals surface area contributed by atoms with Crippen molar-refractivity contribution < 1.29 is 9.53 Å². The average Bonchev–Trinajstić information content (AvgIpc) is 3.29. The Kier molecular flexibility index (Phi) is 5.53. The van der Waals surface area contributed by atoms with Gasteiger partial charge in [0.05, 0.1) is 13.7 Å². The molecule has 7 nitrogen and oxygen atoms in total. The van der Waals surface area contributed by atoms with Gasteiger partial charge in [-0.05, 0) is 24.5 Å². The number of amides is 1. The van der Waals surface area contributed by atoms with Gasteiger partial charge in [-0.25, -0.2) is 9.89 Å². The normalized spacial score (nSPS) is 14.6. The first-order valence-corrected chi connectivity index (χ1v) is 8.73. The number of hydrogen-bond acceptors (Lipinski definition) is 4. The summed E-state index contributed by atoms with van der Waals surface area (Å²) < 4.78 is 5.26. The topological polar surface area (TPSA) is 91.1 Å². The number of ether oxygens (including phenoxy) is 1. The highest BCUT2D eigenvalue weighted by Crippen LogP contribution is 2.29. The predicted molar refractivity (Wildman–Crippen MR) is 94.6 cm³/mol. The van der Waals surface area contributed by atoms with Gasteiger partial charge in [0.1, 0.15) is 5.75 Å². The van der Waals surface area contributed by atoms with Gasteiger partial charge in [-0.15, -0.1) is 0 Å². The van der Waals surface area contributed by atoms with E-state index in [1.165, 1.54) is 25.7 Å². The molecule has 0 spiro atoms. The Bertz CT molecular complexity index is 761. The molecule has 1 saturated carbocycles. The summed E-state index contributed by atoms with van der Waals surface area (Å²) >= 11 is 0. The lowest BCUT2D eigenvalue weighted by Gasteiger charge is -2.23. The molecule has 0 aliphatic heterocycles. The molecule has 3 rings (SSSR count). The van der Waals surface area contributed by atoms with E-state index in [1.807, 2.05) is 24.3 Å². The number of methoxy groups -OCH3 is 1. The first kappa shape index (κ1) is 17.3. The van der Waals surface area contributed by atoms with E-state index in [4.69, 9.17) is 4.74 Å². The lowest BCUT2D eigenvalue weighted by Crippen LogP contribution is -2.31. The van der Waals surface area contributed by atoms with Crippen molar-refractivity contribution in [1.29, 1.82) is 0 Å². The number of rotatable bonds is 7. The van der Waals surface area contributed by atoms with Crippen molar-refractivity contribution in [3.63, 3.8) is 0 Å². The smallest absolute Gasteiger partial charge is 0.340 e. The zero-order valence-electron chi connectivity index (χ0n) is 14.5. The maximum absolute atomic E-state index is 12.9. The molecule has 0 unspecified atom stereocenters. The maximum atomic E-state index is 12.9. The van der Waals surface area contributed by atoms with Crippen LogP contribution in [0.2, 0.25) is 0 Å². The lowest BCUT2D eigenvalue weighted by molar-refractivity contribution is -0.119. The van der Waals surface area contributed by atoms with E-state index in [9.17, 15) is 9.59 Å². The van der Waals surface area contributed by atoms with Crippen LogP contribution in [0.15, 0.2) is 29.1 Å². The van der Waals surface area contributed by atoms with Crippen molar-refractivity contribution in [3.05, 3.63) is 40.6 Å². The molecule has 1 heterocycles. The highest BCUT2D eigenvalue weighted by molar-refractivity contribution is 5.93. The summed E-state index contributed by atoms with van der Waals surface area (Å²) in [7, 11) is 1.59. The third kappa shape index (κ3) is 4.49. The van der Waals surface area contributed by atoms with Crippen LogP contribution in [0.4, 0.5) is 5.69 Å². The van der Waals surface area contributed by atoms with E-state index in [0.717, 1.165) is 12.1 Å². The van der Waals surface area contributed by atoms with E-state index in [-0.39, 0.29) is 18.1 Å². The zero-order chi connectivity index (χ0) is 17.6. The minimum absolute atomic E-state index is 0.0315. The Balaban J connectivity index is 1.76. The van der Waals surface area contributed by atoms with Crippen LogP contribution in [0.5, 0.6) is 5.75 Å². The summed E-state index contributed by atoms with van der Waals surface area (Å²) in [6.45, 7) is 0.218. The van der Waals surface area contributed by atoms with Gasteiger partial charge in [-0.2, -0.15) is 5.10 Å². The van der Waals surface area contributed by atoms with Crippen LogP contribution < -0.4 is 15.3 Å². The van der Waals surface area contributed by atoms with Crippen molar-refractivity contribution in [2.45, 2.75) is 45.1 Å². The molecule has 0 bridgehead atoms. The van der Waals surface area contributed by atoms with Crippen molar-refractivity contribution in [2.75, 3.05) is 12.0 Å². The van der Waals surface area contributed by atoms with Gasteiger partial charge in [0.15, 0.2) is 5.82 Å². The number of nitrogens with one attached hydrogen (secondary N) is 2. The minimum Gasteiger partial charge on any atom is -0.497 e. The maximum Gasteiger partial charge on any atom is 0.340 e. The first-order chi connectivity index (χ1) is 12.2. The Morgan fingerprint density at radius 1 is 1.36 bits per heavy atom. The van der Waals surface area contributed by atoms with Crippen molar-refractivity contribution in [3.8, 4) is 5.75 Å². The number of anilines is 1. The Morgan fingerprint density at radius 2 is 2.16 bits per heavy atom. The van der Waals surface area contributed by atoms with Crippen LogP contribution in [-0.2, 0) is 11.3 Å². The SMILES string of the molecule is COc1cccc(N(Cc2n[nH]c(=O)[nH]2)C(=O)CCC2CCCC2)c1. The van der Waals surface area contributed by atoms with Crippen LogP contribution in [-0.4, -0.2) is 28.2 Å². The molecular weight excluding hydrogens is 320 g/mol. The third-order valence-electron chi connectivity index (χ3n) is 4.77. The number of nitrogens with zero attached hydrogens (tertiary/aromatic N) is 2. The molecular formula is C18H24N4O3. The fourth-order valence-electron chi connectivity index (χ4n) is 3.39. The molecule has 1 aliphatic carbocycles. The zero-order valence-corrected chi connectivity index (χ0v) is 14.5. The fourth-order valence-corrected chi connectivity index (χ4v) is 3.39. The Hall–Kier alpha value is -2.57. The summed E-state index contributed by atoms with van der Waals surface area (Å²) in [5.74, 6) is 1.80. The molecule has 1 aromatic carbocycles. The summed E-state index contributed by atoms with van der Waals surface area (Å²) in [6, 6.07) is 7.36. The number of benzene rings is 1. The van der Waals surface area contributed by atoms with Crippen LogP contribution in [0, 0.1) is 5.92 Å². The number of carbonyl (C=O) groups is 1. The molecule has 1 aromatic heterocycles. The molecule has 1 amide bonds. The van der Waals surface area contributed by atoms with Gasteiger partial charge >= 0.3 is 5.69 Å². The van der Waals surface area contributed by atoms with Crippen LogP contribution in [0.25, 0.3) is 0 Å². The Labute approximate surface area is 146 Å². The monoisotopic (exact) mass is 344 g/mol. The van der Waals surface area contributed by atoms with Gasteiger partial charge in [-0.1, -0.05) is 31.7 Å². The number of aromatic amines is 2. The van der Waals surface area contributed by atoms with E-state index < -0.39 is 0 Å². The molecule has 7 heteroatoms. The number of carbonyl (C=O) groups excluding carboxylic acids is 1. The standard InChI is InChI=1S/C18H24N4O3/c1-25-15-8-4-7-14(11-15)22(12-16-19-18(24)21-20-16)17(23)10-9-13-5-2-3-6-13/h4,7-8,11,13H,2-3,5-6,9-10,12H2,1H3,(H2,19,20,21,24). The highest BCUT2D eigenvalue weighted by Gasteiger charge is 2.21. The molecule has 0 saturated heterocycles. The second kappa shape index (κ2) is 8.00. The van der Waals surface area contributed by atoms with Crippen LogP contribution in [0.3, 0.4) is 0 Å². The largest absolute Gasteiger partial charge is 0.497 e. The molecule has 0 atom stereocenters. The molecule has 25 heavy (non-hydrogen) atoms. The summed E-state index contributed by atoms with van der Waals surface area (Å²) in [5.41, 5.74) is 0.360. The molecule has 1 fully saturated rings. The van der Waals surface area contributed by atoms with Gasteiger partial charge in [0, 0.05) is 18.2 Å². The fraction of sp³-hybridized carbons (Fsp3) is 0.500. The first-order valence-electron chi connectivity index (χ1n) is 8.73. The third-order valence-corrected chi connectivity index (χ3v) is 4.77. The molecule has 134 valence electrons. The lowest BCUT2D eigenvalue weighted by atomic mass is 10.0. The summed E-state index contributed by atoms with van der Waals surface area (Å²) in [5, 5.41) is 6.27. The van der Waals surface area contributed by atoms with Crippen molar-refractivity contribution >= 4 is 11.6 Å². The van der Waals surface area contributed by atoms with Gasteiger partial charge < -0.3 is 9.64 Å². The number of H-pyrrole nitrogens is 2. The molecule has 2 N–H and O–H groups in total. The second-order valence-corrected chi connectivity index (χ2v) is 6.49. The van der Waals surface area contributed by atoms with Crippen LogP contribution in [0.1, 0.15) is 44.3 Å². The molecule has 0 radical (unpaired) electrons. The van der Waals surface area contributed by atoms with Gasteiger partial charge in [-0.3, -0.25) is 9.78 Å². The molecule has 2 aromatic rings.